The lowest BCUT2D eigenvalue weighted by atomic mass is 10.0. The summed E-state index contributed by atoms with van der Waals surface area (Å²) < 4.78 is 4.59. The van der Waals surface area contributed by atoms with Crippen LogP contribution in [0.25, 0.3) is 0 Å². The molecule has 1 aliphatic heterocycles. The Kier molecular flexibility index (Phi) is 3.99. The van der Waals surface area contributed by atoms with E-state index in [0.29, 0.717) is 19.0 Å². The number of ether oxygens (including phenoxy) is 1. The van der Waals surface area contributed by atoms with E-state index >= 15 is 0 Å². The summed E-state index contributed by atoms with van der Waals surface area (Å²) in [5.74, 6) is -0.109. The van der Waals surface area contributed by atoms with Crippen LogP contribution in [0.3, 0.4) is 0 Å². The minimum absolute atomic E-state index is 0.0334. The van der Waals surface area contributed by atoms with Crippen molar-refractivity contribution >= 4 is 11.9 Å². The zero-order valence-corrected chi connectivity index (χ0v) is 10.3. The van der Waals surface area contributed by atoms with Crippen LogP contribution in [0.2, 0.25) is 0 Å². The van der Waals surface area contributed by atoms with Crippen LogP contribution in [0, 0.1) is 0 Å². The van der Waals surface area contributed by atoms with Gasteiger partial charge in [-0.3, -0.25) is 9.59 Å². The van der Waals surface area contributed by atoms with Crippen LogP contribution in [-0.2, 0) is 14.3 Å². The topological polar surface area (TPSA) is 58.6 Å². The first-order chi connectivity index (χ1) is 8.20. The number of nitrogens with one attached hydrogen (secondary N) is 1. The van der Waals surface area contributed by atoms with Crippen molar-refractivity contribution < 1.29 is 14.3 Å². The van der Waals surface area contributed by atoms with Crippen LogP contribution >= 0.6 is 0 Å². The Labute approximate surface area is 101 Å². The van der Waals surface area contributed by atoms with Gasteiger partial charge in [-0.2, -0.15) is 0 Å². The molecule has 1 heterocycles. The van der Waals surface area contributed by atoms with Gasteiger partial charge in [0.2, 0.25) is 5.91 Å². The van der Waals surface area contributed by atoms with Crippen molar-refractivity contribution in [1.82, 2.24) is 10.2 Å². The first-order valence-electron chi connectivity index (χ1n) is 6.32. The second kappa shape index (κ2) is 5.49. The molecule has 0 radical (unpaired) electrons. The predicted octanol–water partition coefficient (Wildman–Crippen LogP) is 0.292. The molecule has 0 aromatic rings. The molecule has 0 aromatic carbocycles. The van der Waals surface area contributed by atoms with Gasteiger partial charge >= 0.3 is 5.97 Å². The van der Waals surface area contributed by atoms with Crippen molar-refractivity contribution in [3.63, 3.8) is 0 Å². The number of likely N-dealkylation sites (tertiary alicyclic amines) is 1. The van der Waals surface area contributed by atoms with Crippen molar-refractivity contribution in [2.45, 2.75) is 44.2 Å². The fourth-order valence-corrected chi connectivity index (χ4v) is 2.18. The van der Waals surface area contributed by atoms with E-state index in [-0.39, 0.29) is 17.9 Å². The minimum atomic E-state index is -0.255. The summed E-state index contributed by atoms with van der Waals surface area (Å²) in [5, 5.41) is 3.37. The summed E-state index contributed by atoms with van der Waals surface area (Å²) in [7, 11) is 1.37. The molecule has 1 saturated carbocycles. The molecule has 1 N–H and O–H groups in total. The molecular formula is C12H20N2O3. The molecule has 1 saturated heterocycles. The number of carbonyl (C=O) groups excluding carboxylic acids is 2. The molecule has 1 amide bonds. The SMILES string of the molecule is COC(=O)CCN1CCCC(NC2CC2)C1=O. The molecule has 2 rings (SSSR count). The fraction of sp³-hybridized carbons (Fsp3) is 0.833. The van der Waals surface area contributed by atoms with Crippen molar-refractivity contribution in [3.05, 3.63) is 0 Å². The zero-order chi connectivity index (χ0) is 12.3. The average Bonchev–Trinajstić information content (AvgIpc) is 3.14. The summed E-state index contributed by atoms with van der Waals surface area (Å²) in [6.07, 6.45) is 4.59. The third kappa shape index (κ3) is 3.43. The van der Waals surface area contributed by atoms with Crippen molar-refractivity contribution in [2.75, 3.05) is 20.2 Å². The lowest BCUT2D eigenvalue weighted by molar-refractivity contribution is -0.142. The monoisotopic (exact) mass is 240 g/mol. The van der Waals surface area contributed by atoms with Gasteiger partial charge in [-0.25, -0.2) is 0 Å². The largest absolute Gasteiger partial charge is 0.469 e. The third-order valence-corrected chi connectivity index (χ3v) is 3.36. The molecule has 1 atom stereocenters. The van der Waals surface area contributed by atoms with Gasteiger partial charge in [0.1, 0.15) is 0 Å². The highest BCUT2D eigenvalue weighted by Crippen LogP contribution is 2.22. The summed E-state index contributed by atoms with van der Waals surface area (Å²) in [6, 6.07) is 0.512. The Morgan fingerprint density at radius 3 is 2.88 bits per heavy atom. The Morgan fingerprint density at radius 2 is 2.24 bits per heavy atom. The van der Waals surface area contributed by atoms with Crippen LogP contribution in [-0.4, -0.2) is 49.1 Å². The summed E-state index contributed by atoms with van der Waals surface area (Å²) >= 11 is 0. The Morgan fingerprint density at radius 1 is 1.47 bits per heavy atom. The maximum atomic E-state index is 12.1. The van der Waals surface area contributed by atoms with Crippen LogP contribution < -0.4 is 5.32 Å². The Hall–Kier alpha value is -1.10. The first-order valence-corrected chi connectivity index (χ1v) is 6.32. The lowest BCUT2D eigenvalue weighted by Crippen LogP contribution is -2.51. The second-order valence-electron chi connectivity index (χ2n) is 4.79. The summed E-state index contributed by atoms with van der Waals surface area (Å²) in [6.45, 7) is 1.24. The molecule has 2 aliphatic rings. The molecule has 1 aliphatic carbocycles. The van der Waals surface area contributed by atoms with Crippen molar-refractivity contribution in [1.29, 1.82) is 0 Å². The van der Waals surface area contributed by atoms with Gasteiger partial charge in [-0.05, 0) is 25.7 Å². The zero-order valence-electron chi connectivity index (χ0n) is 10.3. The van der Waals surface area contributed by atoms with Crippen LogP contribution in [0.1, 0.15) is 32.1 Å². The predicted molar refractivity (Wildman–Crippen MR) is 62.4 cm³/mol. The molecule has 0 aromatic heterocycles. The van der Waals surface area contributed by atoms with E-state index in [9.17, 15) is 9.59 Å². The third-order valence-electron chi connectivity index (χ3n) is 3.36. The van der Waals surface area contributed by atoms with Gasteiger partial charge in [-0.1, -0.05) is 0 Å². The number of amides is 1. The highest BCUT2D eigenvalue weighted by atomic mass is 16.5. The number of methoxy groups -OCH3 is 1. The highest BCUT2D eigenvalue weighted by molar-refractivity contribution is 5.83. The Balaban J connectivity index is 1.80. The molecule has 0 spiro atoms. The molecule has 96 valence electrons. The molecule has 1 unspecified atom stereocenters. The van der Waals surface area contributed by atoms with Gasteiger partial charge in [0.05, 0.1) is 19.6 Å². The van der Waals surface area contributed by atoms with Crippen molar-refractivity contribution in [3.8, 4) is 0 Å². The average molecular weight is 240 g/mol. The second-order valence-corrected chi connectivity index (χ2v) is 4.79. The van der Waals surface area contributed by atoms with Gasteiger partial charge in [0.25, 0.3) is 0 Å². The number of rotatable bonds is 5. The maximum absolute atomic E-state index is 12.1. The lowest BCUT2D eigenvalue weighted by Gasteiger charge is -2.32. The van der Waals surface area contributed by atoms with Gasteiger partial charge in [-0.15, -0.1) is 0 Å². The molecule has 0 bridgehead atoms. The smallest absolute Gasteiger partial charge is 0.307 e. The molecule has 5 heteroatoms. The Bertz CT molecular complexity index is 302. The fourth-order valence-electron chi connectivity index (χ4n) is 2.18. The van der Waals surface area contributed by atoms with E-state index in [2.05, 4.69) is 10.1 Å². The summed E-state index contributed by atoms with van der Waals surface area (Å²) in [5.41, 5.74) is 0. The number of hydrogen-bond donors (Lipinski definition) is 1. The van der Waals surface area contributed by atoms with Crippen LogP contribution in [0.4, 0.5) is 0 Å². The van der Waals surface area contributed by atoms with Gasteiger partial charge in [0.15, 0.2) is 0 Å². The normalized spacial score (nSPS) is 24.9. The number of esters is 1. The molecule has 17 heavy (non-hydrogen) atoms. The number of hydrogen-bond acceptors (Lipinski definition) is 4. The maximum Gasteiger partial charge on any atom is 0.307 e. The van der Waals surface area contributed by atoms with Gasteiger partial charge in [0, 0.05) is 19.1 Å². The number of nitrogens with zero attached hydrogens (tertiary/aromatic N) is 1. The number of carbonyl (C=O) groups is 2. The van der Waals surface area contributed by atoms with E-state index in [0.717, 1.165) is 19.4 Å². The highest BCUT2D eigenvalue weighted by Gasteiger charge is 2.33. The first kappa shape index (κ1) is 12.4. The van der Waals surface area contributed by atoms with E-state index < -0.39 is 0 Å². The van der Waals surface area contributed by atoms with E-state index in [1.54, 1.807) is 4.90 Å². The van der Waals surface area contributed by atoms with Crippen LogP contribution in [0.5, 0.6) is 0 Å². The minimum Gasteiger partial charge on any atom is -0.469 e. The van der Waals surface area contributed by atoms with E-state index in [4.69, 9.17) is 0 Å². The molecular weight excluding hydrogens is 220 g/mol. The van der Waals surface area contributed by atoms with Crippen molar-refractivity contribution in [2.24, 2.45) is 0 Å². The van der Waals surface area contributed by atoms with Gasteiger partial charge < -0.3 is 15.0 Å². The molecule has 5 nitrogen and oxygen atoms in total. The van der Waals surface area contributed by atoms with E-state index in [1.807, 2.05) is 0 Å². The standard InChI is InChI=1S/C12H20N2O3/c1-17-11(15)6-8-14-7-2-3-10(12(14)16)13-9-4-5-9/h9-10,13H,2-8H2,1H3. The number of piperidine rings is 1. The quantitative estimate of drug-likeness (QED) is 0.702. The molecule has 2 fully saturated rings. The van der Waals surface area contributed by atoms with Crippen LogP contribution in [0.15, 0.2) is 0 Å². The van der Waals surface area contributed by atoms with E-state index in [1.165, 1.54) is 20.0 Å². The summed E-state index contributed by atoms with van der Waals surface area (Å²) in [4.78, 5) is 24.9.